The molecule has 2 aliphatic rings. The van der Waals surface area contributed by atoms with E-state index in [1.54, 1.807) is 0 Å². The molecule has 0 bridgehead atoms. The number of benzene rings is 1. The lowest BCUT2D eigenvalue weighted by Crippen LogP contribution is -2.15. The fourth-order valence-corrected chi connectivity index (χ4v) is 3.53. The van der Waals surface area contributed by atoms with Gasteiger partial charge in [-0.3, -0.25) is 9.59 Å². The molecule has 0 aromatic heterocycles. The third-order valence-electron chi connectivity index (χ3n) is 4.70. The highest BCUT2D eigenvalue weighted by molar-refractivity contribution is 6.39. The number of aliphatic hydroxyl groups excluding tert-OH is 1. The lowest BCUT2D eigenvalue weighted by Gasteiger charge is -2.24. The summed E-state index contributed by atoms with van der Waals surface area (Å²) >= 11 is 0. The van der Waals surface area contributed by atoms with Crippen LogP contribution in [0, 0.1) is 5.92 Å². The van der Waals surface area contributed by atoms with Crippen molar-refractivity contribution >= 4 is 11.6 Å². The Bertz CT molecular complexity index is 547. The van der Waals surface area contributed by atoms with E-state index in [-0.39, 0.29) is 23.6 Å². The van der Waals surface area contributed by atoms with Crippen LogP contribution in [0.3, 0.4) is 0 Å². The number of hydrogen-bond donors (Lipinski definition) is 1. The first-order valence-electron chi connectivity index (χ1n) is 7.52. The van der Waals surface area contributed by atoms with Gasteiger partial charge < -0.3 is 5.11 Å². The van der Waals surface area contributed by atoms with Gasteiger partial charge in [0.05, 0.1) is 6.10 Å². The normalized spacial score (nSPS) is 25.9. The van der Waals surface area contributed by atoms with E-state index in [0.29, 0.717) is 6.42 Å². The molecule has 1 aromatic carbocycles. The minimum Gasteiger partial charge on any atom is -0.388 e. The molecule has 106 valence electrons. The molecule has 1 fully saturated rings. The van der Waals surface area contributed by atoms with Crippen LogP contribution in [0.25, 0.3) is 0 Å². The van der Waals surface area contributed by atoms with Crippen molar-refractivity contribution in [3.05, 3.63) is 34.9 Å². The summed E-state index contributed by atoms with van der Waals surface area (Å²) in [5, 5.41) is 10.0. The number of carbonyl (C=O) groups is 2. The highest BCUT2D eigenvalue weighted by Gasteiger charge is 2.32. The van der Waals surface area contributed by atoms with Crippen LogP contribution in [-0.4, -0.2) is 16.7 Å². The molecule has 0 spiro atoms. The molecule has 3 nitrogen and oxygen atoms in total. The zero-order valence-electron chi connectivity index (χ0n) is 11.6. The van der Waals surface area contributed by atoms with Gasteiger partial charge in [-0.2, -0.15) is 0 Å². The van der Waals surface area contributed by atoms with Gasteiger partial charge in [-0.1, -0.05) is 18.2 Å². The minimum absolute atomic E-state index is 0.0770. The maximum absolute atomic E-state index is 11.7. The van der Waals surface area contributed by atoms with E-state index in [2.05, 4.69) is 6.07 Å². The van der Waals surface area contributed by atoms with Gasteiger partial charge in [0.15, 0.2) is 5.78 Å². The molecule has 1 saturated carbocycles. The van der Waals surface area contributed by atoms with Crippen LogP contribution in [-0.2, 0) is 22.4 Å². The predicted molar refractivity (Wildman–Crippen MR) is 75.4 cm³/mol. The summed E-state index contributed by atoms with van der Waals surface area (Å²) in [6, 6.07) is 6.09. The van der Waals surface area contributed by atoms with Gasteiger partial charge >= 0.3 is 0 Å². The van der Waals surface area contributed by atoms with E-state index in [4.69, 9.17) is 0 Å². The largest absolute Gasteiger partial charge is 0.388 e. The molecule has 0 radical (unpaired) electrons. The van der Waals surface area contributed by atoms with Crippen LogP contribution in [0.4, 0.5) is 0 Å². The summed E-state index contributed by atoms with van der Waals surface area (Å²) in [5.41, 5.74) is 3.57. The number of ketones is 2. The Kier molecular flexibility index (Phi) is 3.70. The molecule has 20 heavy (non-hydrogen) atoms. The minimum atomic E-state index is -0.339. The number of Topliss-reactive ketones (excluding diaryl/α,β-unsaturated/α-hetero) is 2. The maximum atomic E-state index is 11.7. The second kappa shape index (κ2) is 5.49. The van der Waals surface area contributed by atoms with E-state index in [9.17, 15) is 14.7 Å². The Hall–Kier alpha value is -1.48. The van der Waals surface area contributed by atoms with Gasteiger partial charge in [0.2, 0.25) is 5.78 Å². The SMILES string of the molecule is O=C1CC[C@@H](CCc2cccc3c2CCCC3O)C1=O. The number of carbonyl (C=O) groups excluding carboxylic acids is 2. The zero-order valence-corrected chi connectivity index (χ0v) is 11.6. The predicted octanol–water partition coefficient (Wildman–Crippen LogP) is 2.54. The Balaban J connectivity index is 1.74. The standard InChI is InChI=1S/C17H20O3/c18-15-6-2-4-13-11(3-1-5-14(13)15)7-8-12-9-10-16(19)17(12)20/h1,3,5,12,15,18H,2,4,6-10H2/t12-,15?/m1/s1. The quantitative estimate of drug-likeness (QED) is 0.860. The molecular weight excluding hydrogens is 252 g/mol. The van der Waals surface area contributed by atoms with Crippen molar-refractivity contribution in [2.75, 3.05) is 0 Å². The number of hydrogen-bond acceptors (Lipinski definition) is 3. The van der Waals surface area contributed by atoms with Crippen molar-refractivity contribution in [2.24, 2.45) is 5.92 Å². The highest BCUT2D eigenvalue weighted by Crippen LogP contribution is 2.33. The molecule has 2 atom stereocenters. The summed E-state index contributed by atoms with van der Waals surface area (Å²) in [5.74, 6) is -0.442. The summed E-state index contributed by atoms with van der Waals surface area (Å²) < 4.78 is 0. The third kappa shape index (κ3) is 2.42. The molecule has 3 heteroatoms. The van der Waals surface area contributed by atoms with E-state index in [1.165, 1.54) is 11.1 Å². The van der Waals surface area contributed by atoms with Crippen LogP contribution in [0.15, 0.2) is 18.2 Å². The first-order valence-corrected chi connectivity index (χ1v) is 7.52. The fraction of sp³-hybridized carbons (Fsp3) is 0.529. The van der Waals surface area contributed by atoms with Crippen molar-refractivity contribution in [1.82, 2.24) is 0 Å². The molecule has 0 heterocycles. The smallest absolute Gasteiger partial charge is 0.201 e. The number of aryl methyl sites for hydroxylation is 1. The molecule has 0 aliphatic heterocycles. The zero-order chi connectivity index (χ0) is 14.1. The molecule has 2 aliphatic carbocycles. The average molecular weight is 272 g/mol. The van der Waals surface area contributed by atoms with Crippen LogP contribution < -0.4 is 0 Å². The second-order valence-electron chi connectivity index (χ2n) is 5.95. The summed E-state index contributed by atoms with van der Waals surface area (Å²) in [4.78, 5) is 23.0. The molecule has 1 unspecified atom stereocenters. The van der Waals surface area contributed by atoms with Gasteiger partial charge in [0.25, 0.3) is 0 Å². The lowest BCUT2D eigenvalue weighted by atomic mass is 9.84. The van der Waals surface area contributed by atoms with Gasteiger partial charge in [0.1, 0.15) is 0 Å². The average Bonchev–Trinajstić information content (AvgIpc) is 2.77. The lowest BCUT2D eigenvalue weighted by molar-refractivity contribution is -0.135. The van der Waals surface area contributed by atoms with E-state index >= 15 is 0 Å². The van der Waals surface area contributed by atoms with E-state index in [1.807, 2.05) is 12.1 Å². The monoisotopic (exact) mass is 272 g/mol. The Morgan fingerprint density at radius 1 is 1.15 bits per heavy atom. The van der Waals surface area contributed by atoms with Crippen molar-refractivity contribution in [3.8, 4) is 0 Å². The number of rotatable bonds is 3. The fourth-order valence-electron chi connectivity index (χ4n) is 3.53. The molecule has 3 rings (SSSR count). The van der Waals surface area contributed by atoms with Gasteiger partial charge in [0, 0.05) is 12.3 Å². The topological polar surface area (TPSA) is 54.4 Å². The Morgan fingerprint density at radius 3 is 2.75 bits per heavy atom. The van der Waals surface area contributed by atoms with Crippen LogP contribution in [0.2, 0.25) is 0 Å². The first-order chi connectivity index (χ1) is 9.66. The molecule has 1 aromatic rings. The summed E-state index contributed by atoms with van der Waals surface area (Å²) in [6.45, 7) is 0. The summed E-state index contributed by atoms with van der Waals surface area (Å²) in [7, 11) is 0. The second-order valence-corrected chi connectivity index (χ2v) is 5.95. The highest BCUT2D eigenvalue weighted by atomic mass is 16.3. The molecule has 1 N–H and O–H groups in total. The van der Waals surface area contributed by atoms with Crippen LogP contribution in [0.1, 0.15) is 54.9 Å². The van der Waals surface area contributed by atoms with Gasteiger partial charge in [-0.05, 0) is 55.2 Å². The summed E-state index contributed by atoms with van der Waals surface area (Å²) in [6.07, 6.45) is 5.27. The van der Waals surface area contributed by atoms with Crippen molar-refractivity contribution in [3.63, 3.8) is 0 Å². The first kappa shape index (κ1) is 13.5. The Labute approximate surface area is 119 Å². The Morgan fingerprint density at radius 2 is 2.00 bits per heavy atom. The van der Waals surface area contributed by atoms with Crippen molar-refractivity contribution in [1.29, 1.82) is 0 Å². The molecule has 0 amide bonds. The van der Waals surface area contributed by atoms with Crippen LogP contribution >= 0.6 is 0 Å². The van der Waals surface area contributed by atoms with Crippen LogP contribution in [0.5, 0.6) is 0 Å². The van der Waals surface area contributed by atoms with Crippen molar-refractivity contribution < 1.29 is 14.7 Å². The number of aliphatic hydroxyl groups is 1. The molecular formula is C17H20O3. The van der Waals surface area contributed by atoms with Gasteiger partial charge in [-0.25, -0.2) is 0 Å². The van der Waals surface area contributed by atoms with Gasteiger partial charge in [-0.15, -0.1) is 0 Å². The van der Waals surface area contributed by atoms with Crippen molar-refractivity contribution in [2.45, 2.75) is 51.0 Å². The molecule has 0 saturated heterocycles. The van der Waals surface area contributed by atoms with E-state index in [0.717, 1.165) is 44.1 Å². The third-order valence-corrected chi connectivity index (χ3v) is 4.70. The van der Waals surface area contributed by atoms with E-state index < -0.39 is 0 Å². The maximum Gasteiger partial charge on any atom is 0.201 e. The number of fused-ring (bicyclic) bond motifs is 1.